The lowest BCUT2D eigenvalue weighted by atomic mass is 9.88. The molecule has 9 nitrogen and oxygen atoms in total. The summed E-state index contributed by atoms with van der Waals surface area (Å²) in [5.74, 6) is 0.0750. The van der Waals surface area contributed by atoms with Crippen LogP contribution in [0.15, 0.2) is 18.5 Å². The van der Waals surface area contributed by atoms with Crippen LogP contribution in [0.4, 0.5) is 21.7 Å². The van der Waals surface area contributed by atoms with E-state index in [0.717, 1.165) is 12.0 Å². The smallest absolute Gasteiger partial charge is 0.263 e. The van der Waals surface area contributed by atoms with Crippen molar-refractivity contribution in [3.63, 3.8) is 0 Å². The van der Waals surface area contributed by atoms with Gasteiger partial charge in [0, 0.05) is 32.8 Å². The molecule has 1 saturated heterocycles. The third-order valence-electron chi connectivity index (χ3n) is 5.27. The number of nitrogens with zero attached hydrogens (tertiary/aromatic N) is 4. The summed E-state index contributed by atoms with van der Waals surface area (Å²) in [7, 11) is 1.79. The summed E-state index contributed by atoms with van der Waals surface area (Å²) in [6, 6.07) is 1.82. The molecule has 2 aromatic heterocycles. The van der Waals surface area contributed by atoms with Crippen LogP contribution in [0.1, 0.15) is 34.7 Å². The highest BCUT2D eigenvalue weighted by atomic mass is 19.1. The Morgan fingerprint density at radius 1 is 1.46 bits per heavy atom. The van der Waals surface area contributed by atoms with Crippen molar-refractivity contribution in [1.82, 2.24) is 19.7 Å². The molecule has 2 atom stereocenters. The molecule has 0 radical (unpaired) electrons. The van der Waals surface area contributed by atoms with E-state index in [0.29, 0.717) is 24.5 Å². The maximum absolute atomic E-state index is 13.6. The predicted molar refractivity (Wildman–Crippen MR) is 102 cm³/mol. The lowest BCUT2D eigenvalue weighted by molar-refractivity contribution is -0.132. The zero-order valence-electron chi connectivity index (χ0n) is 15.5. The number of carbonyl (C=O) groups is 2. The van der Waals surface area contributed by atoms with Crippen LogP contribution in [0, 0.1) is 0 Å². The summed E-state index contributed by atoms with van der Waals surface area (Å²) in [6.45, 7) is 0.814. The molecule has 2 unspecified atom stereocenters. The third kappa shape index (κ3) is 3.25. The molecule has 4 rings (SSSR count). The van der Waals surface area contributed by atoms with Crippen LogP contribution in [0.25, 0.3) is 0 Å². The minimum absolute atomic E-state index is 0.00541. The molecular formula is C18H22FN7O2. The second kappa shape index (κ2) is 7.10. The van der Waals surface area contributed by atoms with Crippen LogP contribution in [-0.2, 0) is 11.3 Å². The van der Waals surface area contributed by atoms with Gasteiger partial charge in [-0.25, -0.2) is 9.07 Å². The van der Waals surface area contributed by atoms with E-state index in [4.69, 9.17) is 5.73 Å². The fourth-order valence-electron chi connectivity index (χ4n) is 3.73. The van der Waals surface area contributed by atoms with Crippen LogP contribution in [0.2, 0.25) is 0 Å². The van der Waals surface area contributed by atoms with Gasteiger partial charge in [-0.1, -0.05) is 0 Å². The van der Waals surface area contributed by atoms with Crippen LogP contribution in [-0.4, -0.2) is 57.8 Å². The van der Waals surface area contributed by atoms with Crippen molar-refractivity contribution < 1.29 is 14.0 Å². The third-order valence-corrected chi connectivity index (χ3v) is 5.27. The number of anilines is 3. The number of fused-ring (bicyclic) bond motifs is 1. The van der Waals surface area contributed by atoms with E-state index in [9.17, 15) is 14.0 Å². The number of hydrogen-bond acceptors (Lipinski definition) is 6. The van der Waals surface area contributed by atoms with Crippen molar-refractivity contribution in [2.24, 2.45) is 0 Å². The molecule has 2 aromatic rings. The van der Waals surface area contributed by atoms with E-state index in [2.05, 4.69) is 20.7 Å². The maximum Gasteiger partial charge on any atom is 0.263 e. The van der Waals surface area contributed by atoms with Gasteiger partial charge in [-0.15, -0.1) is 0 Å². The number of nitrogens with one attached hydrogen (secondary N) is 2. The van der Waals surface area contributed by atoms with Gasteiger partial charge in [-0.2, -0.15) is 5.10 Å². The number of rotatable bonds is 3. The Balaban J connectivity index is 1.59. The SMILES string of the molecule is CN1CCC(c2ccncc2NC(=O)c2c(N)nn3c2NCC(F)C3)CC1=O. The number of pyridine rings is 1. The molecule has 28 heavy (non-hydrogen) atoms. The second-order valence-corrected chi connectivity index (χ2v) is 7.19. The number of piperidine rings is 1. The first-order valence-corrected chi connectivity index (χ1v) is 9.17. The van der Waals surface area contributed by atoms with Crippen molar-refractivity contribution >= 4 is 29.1 Å². The van der Waals surface area contributed by atoms with E-state index in [-0.39, 0.29) is 36.3 Å². The summed E-state index contributed by atoms with van der Waals surface area (Å²) < 4.78 is 14.9. The fraction of sp³-hybridized carbons (Fsp3) is 0.444. The first kappa shape index (κ1) is 18.2. The Labute approximate surface area is 161 Å². The molecule has 10 heteroatoms. The summed E-state index contributed by atoms with van der Waals surface area (Å²) in [5.41, 5.74) is 7.49. The predicted octanol–water partition coefficient (Wildman–Crippen LogP) is 1.21. The lowest BCUT2D eigenvalue weighted by Gasteiger charge is -2.30. The molecule has 2 aliphatic heterocycles. The molecule has 0 aliphatic carbocycles. The molecule has 1 fully saturated rings. The van der Waals surface area contributed by atoms with Crippen LogP contribution < -0.4 is 16.4 Å². The van der Waals surface area contributed by atoms with Gasteiger partial charge < -0.3 is 21.3 Å². The molecule has 0 spiro atoms. The maximum atomic E-state index is 13.6. The summed E-state index contributed by atoms with van der Waals surface area (Å²) in [6.07, 6.45) is 3.31. The number of halogens is 1. The largest absolute Gasteiger partial charge is 0.381 e. The highest BCUT2D eigenvalue weighted by Crippen LogP contribution is 2.34. The first-order chi connectivity index (χ1) is 13.4. The van der Waals surface area contributed by atoms with Crippen molar-refractivity contribution in [1.29, 1.82) is 0 Å². The Morgan fingerprint density at radius 2 is 2.29 bits per heavy atom. The normalized spacial score (nSPS) is 21.8. The number of carbonyl (C=O) groups excluding carboxylic acids is 2. The molecule has 4 N–H and O–H groups in total. The summed E-state index contributed by atoms with van der Waals surface area (Å²) in [4.78, 5) is 30.8. The van der Waals surface area contributed by atoms with Crippen molar-refractivity contribution in [3.05, 3.63) is 29.6 Å². The van der Waals surface area contributed by atoms with Gasteiger partial charge in [-0.05, 0) is 24.0 Å². The van der Waals surface area contributed by atoms with Gasteiger partial charge in [0.25, 0.3) is 5.91 Å². The second-order valence-electron chi connectivity index (χ2n) is 7.19. The van der Waals surface area contributed by atoms with E-state index in [1.54, 1.807) is 24.3 Å². The molecule has 2 amide bonds. The standard InChI is InChI=1S/C18H22FN7O2/c1-25-5-3-10(6-14(25)27)12-2-4-21-8-13(12)23-18(28)15-16(20)24-26-9-11(19)7-22-17(15)26/h2,4,8,10-11,22H,3,5-7,9H2,1H3,(H2,20,24)(H,23,28). The van der Waals surface area contributed by atoms with E-state index < -0.39 is 12.1 Å². The molecule has 148 valence electrons. The number of hydrogen-bond donors (Lipinski definition) is 3. The minimum Gasteiger partial charge on any atom is -0.381 e. The Hall–Kier alpha value is -3.17. The molecule has 0 aromatic carbocycles. The number of nitrogen functional groups attached to an aromatic ring is 1. The highest BCUT2D eigenvalue weighted by Gasteiger charge is 2.30. The number of nitrogens with two attached hydrogens (primary N) is 1. The number of likely N-dealkylation sites (tertiary alicyclic amines) is 1. The van der Waals surface area contributed by atoms with Gasteiger partial charge in [0.15, 0.2) is 5.82 Å². The zero-order chi connectivity index (χ0) is 19.8. The molecular weight excluding hydrogens is 365 g/mol. The molecule has 2 aliphatic rings. The van der Waals surface area contributed by atoms with Gasteiger partial charge >= 0.3 is 0 Å². The van der Waals surface area contributed by atoms with Crippen LogP contribution in [0.5, 0.6) is 0 Å². The molecule has 0 saturated carbocycles. The Kier molecular flexibility index (Phi) is 4.62. The van der Waals surface area contributed by atoms with Crippen molar-refractivity contribution in [2.75, 3.05) is 36.5 Å². The average molecular weight is 387 g/mol. The lowest BCUT2D eigenvalue weighted by Crippen LogP contribution is -2.35. The van der Waals surface area contributed by atoms with E-state index in [1.807, 2.05) is 6.07 Å². The minimum atomic E-state index is -1.09. The highest BCUT2D eigenvalue weighted by molar-refractivity contribution is 6.11. The van der Waals surface area contributed by atoms with Crippen molar-refractivity contribution in [2.45, 2.75) is 31.5 Å². The molecule has 0 bridgehead atoms. The van der Waals surface area contributed by atoms with Crippen molar-refractivity contribution in [3.8, 4) is 0 Å². The Morgan fingerprint density at radius 3 is 3.07 bits per heavy atom. The first-order valence-electron chi connectivity index (χ1n) is 9.17. The fourth-order valence-corrected chi connectivity index (χ4v) is 3.73. The topological polar surface area (TPSA) is 118 Å². The van der Waals surface area contributed by atoms with Gasteiger partial charge in [-0.3, -0.25) is 14.6 Å². The van der Waals surface area contributed by atoms with E-state index >= 15 is 0 Å². The van der Waals surface area contributed by atoms with E-state index in [1.165, 1.54) is 4.68 Å². The molecule has 4 heterocycles. The summed E-state index contributed by atoms with van der Waals surface area (Å²) >= 11 is 0. The van der Waals surface area contributed by atoms with Crippen LogP contribution in [0.3, 0.4) is 0 Å². The van der Waals surface area contributed by atoms with Gasteiger partial charge in [0.05, 0.1) is 18.4 Å². The average Bonchev–Trinajstić information content (AvgIpc) is 2.99. The number of amides is 2. The Bertz CT molecular complexity index is 929. The number of alkyl halides is 1. The van der Waals surface area contributed by atoms with Crippen LogP contribution >= 0.6 is 0 Å². The summed E-state index contributed by atoms with van der Waals surface area (Å²) in [5, 5.41) is 9.78. The monoisotopic (exact) mass is 387 g/mol. The quantitative estimate of drug-likeness (QED) is 0.729. The number of aromatic nitrogens is 3. The van der Waals surface area contributed by atoms with Gasteiger partial charge in [0.1, 0.15) is 17.6 Å². The zero-order valence-corrected chi connectivity index (χ0v) is 15.5. The van der Waals surface area contributed by atoms with Gasteiger partial charge in [0.2, 0.25) is 5.91 Å².